The van der Waals surface area contributed by atoms with Gasteiger partial charge in [0, 0.05) is 106 Å². The smallest absolute Gasteiger partial charge is 0.657 e. The first-order valence-corrected chi connectivity index (χ1v) is 39.2. The molecule has 1 fully saturated rings. The minimum Gasteiger partial charge on any atom is -0.657 e. The molecule has 0 atom stereocenters. The number of hydrogen-bond donors (Lipinski definition) is 1. The standard InChI is InChI=1S/C36H44N4.C18H18N2.C17H10N.C16H14N3.C11H11N2.4Ir.Pt/c1-9-21-22(10-2)30-18-32-25(13-5)26(14-6)34(39-32)20-36-28(16-8)27(15-7)35(40-36)19-33-24(12-4)23(11-3)31(38-33)17-29(21)37-30;1-18(2)16-6-4-3-5-14(16)15-8-7-13(11-17(15)18)20-10-9-19-12-20;1-2-7-14-12(6-1)13-8-3-4-9-15(13)17-16(14)10-5-11-18-17;1-12-7-6-8-13(2)15(12)19-16(17-11-18-19)14-9-4-3-5-10-14;1-9-3-5-10(6-4-9)11-12-7-8-13(11)2;;;;;/h17-20H,9-16H2,1-8H3;3-6,8,11-12,19H,9-10H2,1-2H3;1-8,10-11H;3-9,11H,1-2H3;3-5,7-8H,1-2H3;;;;;/q2*-2;3*-1;;;;;+2. The Morgan fingerprint density at radius 2 is 1.01 bits per heavy atom. The third-order valence-electron chi connectivity index (χ3n) is 22.0. The number of allylic oxidation sites excluding steroid dienone is 4. The topological polar surface area (TPSA) is 131 Å². The van der Waals surface area contributed by atoms with Crippen LogP contribution in [0.2, 0.25) is 0 Å². The first kappa shape index (κ1) is 90.6. The number of imidazole rings is 1. The molecule has 1 saturated heterocycles. The van der Waals surface area contributed by atoms with Crippen molar-refractivity contribution in [1.29, 1.82) is 0 Å². The molecule has 6 aromatic heterocycles. The molecule has 18 rings (SSSR count). The van der Waals surface area contributed by atoms with Gasteiger partial charge in [0.25, 0.3) is 0 Å². The molecule has 0 amide bonds. The van der Waals surface area contributed by atoms with Crippen molar-refractivity contribution in [2.75, 3.05) is 18.0 Å². The van der Waals surface area contributed by atoms with Crippen LogP contribution in [0.25, 0.3) is 116 Å². The van der Waals surface area contributed by atoms with Gasteiger partial charge in [-0.15, -0.1) is 146 Å². The Morgan fingerprint density at radius 3 is 1.52 bits per heavy atom. The van der Waals surface area contributed by atoms with E-state index in [-0.39, 0.29) is 107 Å². The predicted molar refractivity (Wildman–Crippen MR) is 457 cm³/mol. The zero-order valence-electron chi connectivity index (χ0n) is 67.8. The normalized spacial score (nSPS) is 12.7. The molecule has 14 aromatic rings. The van der Waals surface area contributed by atoms with E-state index in [1.807, 2.05) is 90.0 Å². The Morgan fingerprint density at radius 1 is 0.478 bits per heavy atom. The number of rotatable bonds is 12. The fraction of sp³-hybridized carbons (Fsp3) is 0.255. The number of pyridine rings is 1. The predicted octanol–water partition coefficient (Wildman–Crippen LogP) is 22.5. The van der Waals surface area contributed by atoms with Crippen LogP contribution in [0.1, 0.15) is 168 Å². The van der Waals surface area contributed by atoms with E-state index < -0.39 is 0 Å². The Balaban J connectivity index is 0.000000172. The molecule has 4 radical (unpaired) electrons. The number of nitrogens with one attached hydrogen (secondary N) is 1. The van der Waals surface area contributed by atoms with Crippen LogP contribution in [0.4, 0.5) is 5.69 Å². The second kappa shape index (κ2) is 40.7. The average molecular weight is 2410 g/mol. The SMILES string of the molecule is CC1(C)c2ccccc2-c2c[c-]c(N3[CH-]NCC3)cc21.CCC1=C(CC)c2cc3[n-]c(cc4nc(cc5[n-]c(cc1n2)c(CC)c5CC)C(CC)=C4CC)c(CC)c3CC.Cc1c[c-]c(-c2nccn2C)cc1.Cc1cccc(C)c1-n1ncnc1-c1[c-]cccc1.[Ir].[Ir].[Ir].[Ir].[Pt+2].[c-]1cccc2c1c1ncccc1c1ccccc21. The Bertz CT molecular complexity index is 5480. The van der Waals surface area contributed by atoms with Gasteiger partial charge in [-0.1, -0.05) is 212 Å². The summed E-state index contributed by atoms with van der Waals surface area (Å²) in [6.07, 6.45) is 14.8. The maximum atomic E-state index is 5.25. The van der Waals surface area contributed by atoms with E-state index in [0.717, 1.165) is 154 Å². The molecule has 8 aromatic carbocycles. The number of benzene rings is 8. The average Bonchev–Trinajstić information content (AvgIpc) is 1.43. The molecule has 8 bridgehead atoms. The summed E-state index contributed by atoms with van der Waals surface area (Å²) in [6, 6.07) is 74.2. The van der Waals surface area contributed by atoms with Crippen LogP contribution < -0.4 is 20.2 Å². The summed E-state index contributed by atoms with van der Waals surface area (Å²) in [4.78, 5) is 36.4. The van der Waals surface area contributed by atoms with Gasteiger partial charge >= 0.3 is 21.1 Å². The third kappa shape index (κ3) is 18.5. The minimum atomic E-state index is 0. The van der Waals surface area contributed by atoms with Crippen LogP contribution in [-0.2, 0) is 140 Å². The van der Waals surface area contributed by atoms with Crippen molar-refractivity contribution in [3.63, 3.8) is 0 Å². The molecule has 600 valence electrons. The van der Waals surface area contributed by atoms with Crippen molar-refractivity contribution in [2.24, 2.45) is 7.05 Å². The molecule has 17 heteroatoms. The summed E-state index contributed by atoms with van der Waals surface area (Å²) < 4.78 is 3.87. The number of aromatic nitrogens is 10. The van der Waals surface area contributed by atoms with Gasteiger partial charge in [-0.3, -0.25) is 14.6 Å². The first-order chi connectivity index (χ1) is 53.6. The van der Waals surface area contributed by atoms with Crippen molar-refractivity contribution in [3.8, 4) is 39.6 Å². The second-order valence-electron chi connectivity index (χ2n) is 28.9. The van der Waals surface area contributed by atoms with Crippen LogP contribution in [0, 0.1) is 51.7 Å². The van der Waals surface area contributed by atoms with Crippen LogP contribution in [0.15, 0.2) is 201 Å². The van der Waals surface area contributed by atoms with Crippen molar-refractivity contribution in [3.05, 3.63) is 305 Å². The van der Waals surface area contributed by atoms with Crippen molar-refractivity contribution >= 4 is 82.5 Å². The van der Waals surface area contributed by atoms with Crippen molar-refractivity contribution in [2.45, 2.75) is 147 Å². The third-order valence-corrected chi connectivity index (χ3v) is 22.0. The molecule has 1 aliphatic carbocycles. The maximum absolute atomic E-state index is 5.25. The summed E-state index contributed by atoms with van der Waals surface area (Å²) in [6.45, 7) is 32.9. The quantitative estimate of drug-likeness (QED) is 0.0932. The van der Waals surface area contributed by atoms with Gasteiger partial charge in [0.15, 0.2) is 0 Å². The van der Waals surface area contributed by atoms with Gasteiger partial charge < -0.3 is 29.7 Å². The van der Waals surface area contributed by atoms with Crippen molar-refractivity contribution < 1.29 is 101 Å². The zero-order chi connectivity index (χ0) is 76.7. The molecule has 12 nitrogen and oxygen atoms in total. The largest absolute Gasteiger partial charge is 2.00 e. The van der Waals surface area contributed by atoms with Gasteiger partial charge in [-0.25, -0.2) is 9.97 Å². The fourth-order valence-corrected chi connectivity index (χ4v) is 16.5. The van der Waals surface area contributed by atoms with Gasteiger partial charge in [-0.2, -0.15) is 23.9 Å². The van der Waals surface area contributed by atoms with E-state index in [2.05, 4.69) is 266 Å². The molecular weight excluding hydrogens is 2310 g/mol. The molecule has 0 saturated carbocycles. The minimum absolute atomic E-state index is 0. The molecular formula is C98H97Ir4N12Pt-5. The number of fused-ring (bicyclic) bond motifs is 17. The Kier molecular flexibility index (Phi) is 32.1. The number of nitrogens with zero attached hydrogens (tertiary/aromatic N) is 11. The van der Waals surface area contributed by atoms with Gasteiger partial charge in [0.2, 0.25) is 0 Å². The van der Waals surface area contributed by atoms with Crippen molar-refractivity contribution in [1.82, 2.24) is 54.6 Å². The molecule has 4 aliphatic rings. The van der Waals surface area contributed by atoms with Crippen LogP contribution in [0.5, 0.6) is 0 Å². The van der Waals surface area contributed by atoms with Crippen LogP contribution >= 0.6 is 0 Å². The summed E-state index contributed by atoms with van der Waals surface area (Å²) in [5, 5.41) is 13.7. The van der Waals surface area contributed by atoms with Gasteiger partial charge in [0.05, 0.1) is 40.1 Å². The molecule has 115 heavy (non-hydrogen) atoms. The number of hydrogen-bond acceptors (Lipinski definition) is 8. The second-order valence-corrected chi connectivity index (χ2v) is 28.9. The molecule has 0 spiro atoms. The van der Waals surface area contributed by atoms with E-state index in [1.54, 1.807) is 12.5 Å². The Hall–Kier alpha value is -8.31. The number of aryl methyl sites for hydroxylation is 8. The molecule has 9 heterocycles. The van der Waals surface area contributed by atoms with E-state index in [4.69, 9.17) is 19.9 Å². The number of anilines is 1. The Labute approximate surface area is 747 Å². The van der Waals surface area contributed by atoms with Crippen LogP contribution in [0.3, 0.4) is 0 Å². The summed E-state index contributed by atoms with van der Waals surface area (Å²) in [7, 11) is 1.98. The fourth-order valence-electron chi connectivity index (χ4n) is 16.5. The summed E-state index contributed by atoms with van der Waals surface area (Å²) in [5.41, 5.74) is 33.6. The monoisotopic (exact) mass is 2410 g/mol. The first-order valence-electron chi connectivity index (χ1n) is 39.2. The molecule has 1 N–H and O–H groups in total. The van der Waals surface area contributed by atoms with Gasteiger partial charge in [0.1, 0.15) is 6.33 Å². The maximum Gasteiger partial charge on any atom is 2.00 e. The van der Waals surface area contributed by atoms with E-state index in [0.29, 0.717) is 0 Å². The van der Waals surface area contributed by atoms with Gasteiger partial charge in [-0.05, 0) is 145 Å². The van der Waals surface area contributed by atoms with E-state index in [1.165, 1.54) is 105 Å². The van der Waals surface area contributed by atoms with E-state index >= 15 is 0 Å². The molecule has 0 unspecified atom stereocenters. The number of para-hydroxylation sites is 1. The van der Waals surface area contributed by atoms with E-state index in [9.17, 15) is 0 Å². The summed E-state index contributed by atoms with van der Waals surface area (Å²) in [5.74, 6) is 1.78. The zero-order valence-corrected chi connectivity index (χ0v) is 79.6. The summed E-state index contributed by atoms with van der Waals surface area (Å²) >= 11 is 0. The van der Waals surface area contributed by atoms with Crippen LogP contribution in [-0.4, -0.2) is 52.4 Å². The molecule has 3 aliphatic heterocycles.